The maximum absolute atomic E-state index is 11.5. The van der Waals surface area contributed by atoms with Crippen LogP contribution in [0.4, 0.5) is 4.79 Å². The molecule has 0 aliphatic carbocycles. The molecule has 0 radical (unpaired) electrons. The Kier molecular flexibility index (Phi) is 12.4. The minimum absolute atomic E-state index is 0.00923. The molecule has 0 saturated carbocycles. The first-order chi connectivity index (χ1) is 11.6. The highest BCUT2D eigenvalue weighted by atomic mass is 16.6. The van der Waals surface area contributed by atoms with Gasteiger partial charge in [-0.2, -0.15) is 0 Å². The number of alkyl carbamates (subject to hydrolysis) is 1. The molecule has 1 N–H and O–H groups in total. The molecular formula is C20H39NO4. The Morgan fingerprint density at radius 2 is 1.44 bits per heavy atom. The summed E-state index contributed by atoms with van der Waals surface area (Å²) in [5.74, 6) is 0.225. The highest BCUT2D eigenvalue weighted by Crippen LogP contribution is 2.17. The van der Waals surface area contributed by atoms with E-state index in [1.165, 1.54) is 39.0 Å². The van der Waals surface area contributed by atoms with E-state index in [2.05, 4.69) is 12.2 Å². The van der Waals surface area contributed by atoms with Crippen molar-refractivity contribution in [2.75, 3.05) is 6.54 Å². The number of amides is 1. The molecular weight excluding hydrogens is 318 g/mol. The summed E-state index contributed by atoms with van der Waals surface area (Å²) >= 11 is 0. The maximum Gasteiger partial charge on any atom is 0.407 e. The molecule has 0 heterocycles. The predicted molar refractivity (Wildman–Crippen MR) is 102 cm³/mol. The first kappa shape index (κ1) is 23.7. The molecule has 0 rings (SSSR count). The predicted octanol–water partition coefficient (Wildman–Crippen LogP) is 5.22. The average molecular weight is 358 g/mol. The first-order valence-electron chi connectivity index (χ1n) is 9.76. The van der Waals surface area contributed by atoms with Crippen molar-refractivity contribution in [1.82, 2.24) is 5.32 Å². The molecule has 0 bridgehead atoms. The third-order valence-corrected chi connectivity index (χ3v) is 4.16. The van der Waals surface area contributed by atoms with Crippen molar-refractivity contribution < 1.29 is 19.1 Å². The minimum Gasteiger partial charge on any atom is -0.463 e. The Balaban J connectivity index is 3.42. The van der Waals surface area contributed by atoms with Crippen LogP contribution >= 0.6 is 0 Å². The van der Waals surface area contributed by atoms with E-state index in [4.69, 9.17) is 9.47 Å². The van der Waals surface area contributed by atoms with Gasteiger partial charge in [0.15, 0.2) is 0 Å². The van der Waals surface area contributed by atoms with Crippen molar-refractivity contribution in [3.05, 3.63) is 0 Å². The summed E-state index contributed by atoms with van der Waals surface area (Å²) < 4.78 is 10.4. The van der Waals surface area contributed by atoms with Crippen molar-refractivity contribution in [1.29, 1.82) is 0 Å². The fraction of sp³-hybridized carbons (Fsp3) is 0.900. The highest BCUT2D eigenvalue weighted by molar-refractivity contribution is 5.67. The van der Waals surface area contributed by atoms with E-state index in [0.29, 0.717) is 12.5 Å². The van der Waals surface area contributed by atoms with Crippen molar-refractivity contribution in [2.45, 2.75) is 105 Å². The quantitative estimate of drug-likeness (QED) is 0.384. The molecule has 148 valence electrons. The molecule has 0 aromatic heterocycles. The Morgan fingerprint density at radius 1 is 0.920 bits per heavy atom. The summed E-state index contributed by atoms with van der Waals surface area (Å²) in [6.07, 6.45) is 9.02. The number of ether oxygens (including phenoxy) is 2. The molecule has 25 heavy (non-hydrogen) atoms. The minimum atomic E-state index is -0.433. The number of nitrogens with one attached hydrogen (secondary N) is 1. The number of unbranched alkanes of at least 4 members (excludes halogenated alkanes) is 6. The van der Waals surface area contributed by atoms with Crippen LogP contribution in [0.1, 0.15) is 92.9 Å². The largest absolute Gasteiger partial charge is 0.463 e. The molecule has 0 aromatic rings. The number of hydrogen-bond donors (Lipinski definition) is 1. The summed E-state index contributed by atoms with van der Waals surface area (Å²) in [6, 6.07) is 0. The zero-order chi connectivity index (χ0) is 19.3. The van der Waals surface area contributed by atoms with Crippen LogP contribution in [-0.2, 0) is 14.3 Å². The van der Waals surface area contributed by atoms with E-state index >= 15 is 0 Å². The van der Waals surface area contributed by atoms with Gasteiger partial charge in [-0.15, -0.1) is 0 Å². The van der Waals surface area contributed by atoms with Gasteiger partial charge in [-0.3, -0.25) is 4.79 Å². The number of rotatable bonds is 12. The van der Waals surface area contributed by atoms with E-state index in [-0.39, 0.29) is 18.2 Å². The van der Waals surface area contributed by atoms with Gasteiger partial charge in [0.1, 0.15) is 11.7 Å². The van der Waals surface area contributed by atoms with Gasteiger partial charge in [0.05, 0.1) is 0 Å². The SMILES string of the molecule is CC(=O)OC(C)C(C)CCCCCCCCCNC(=O)OC(C)(C)C. The summed E-state index contributed by atoms with van der Waals surface area (Å²) in [5, 5.41) is 2.79. The molecule has 0 spiro atoms. The van der Waals surface area contributed by atoms with Crippen LogP contribution in [0.3, 0.4) is 0 Å². The van der Waals surface area contributed by atoms with Crippen LogP contribution in [0.5, 0.6) is 0 Å². The fourth-order valence-electron chi connectivity index (χ4n) is 2.59. The number of carbonyl (C=O) groups is 2. The molecule has 0 aliphatic heterocycles. The van der Waals surface area contributed by atoms with E-state index in [0.717, 1.165) is 19.3 Å². The second kappa shape index (κ2) is 13.0. The Morgan fingerprint density at radius 3 is 1.96 bits per heavy atom. The molecule has 0 saturated heterocycles. The molecule has 5 nitrogen and oxygen atoms in total. The summed E-state index contributed by atoms with van der Waals surface area (Å²) in [4.78, 5) is 22.4. The van der Waals surface area contributed by atoms with E-state index in [9.17, 15) is 9.59 Å². The maximum atomic E-state index is 11.5. The second-order valence-corrected chi connectivity index (χ2v) is 7.98. The van der Waals surface area contributed by atoms with Gasteiger partial charge in [-0.05, 0) is 46.5 Å². The van der Waals surface area contributed by atoms with Gasteiger partial charge in [0.25, 0.3) is 0 Å². The van der Waals surface area contributed by atoms with Gasteiger partial charge in [-0.1, -0.05) is 45.4 Å². The fourth-order valence-corrected chi connectivity index (χ4v) is 2.59. The summed E-state index contributed by atoms with van der Waals surface area (Å²) in [6.45, 7) is 11.9. The van der Waals surface area contributed by atoms with Crippen LogP contribution in [0.2, 0.25) is 0 Å². The molecule has 5 heteroatoms. The second-order valence-electron chi connectivity index (χ2n) is 7.98. The topological polar surface area (TPSA) is 64.6 Å². The van der Waals surface area contributed by atoms with Gasteiger partial charge >= 0.3 is 12.1 Å². The van der Waals surface area contributed by atoms with Crippen LogP contribution in [0, 0.1) is 5.92 Å². The molecule has 2 unspecified atom stereocenters. The Hall–Kier alpha value is -1.26. The lowest BCUT2D eigenvalue weighted by Crippen LogP contribution is -2.32. The van der Waals surface area contributed by atoms with Crippen molar-refractivity contribution >= 4 is 12.1 Å². The average Bonchev–Trinajstić information content (AvgIpc) is 2.46. The molecule has 0 fully saturated rings. The smallest absolute Gasteiger partial charge is 0.407 e. The lowest BCUT2D eigenvalue weighted by atomic mass is 9.97. The van der Waals surface area contributed by atoms with E-state index in [1.54, 1.807) is 0 Å². The third kappa shape index (κ3) is 16.0. The molecule has 0 aromatic carbocycles. The summed E-state index contributed by atoms with van der Waals surface area (Å²) in [7, 11) is 0. The van der Waals surface area contributed by atoms with Crippen LogP contribution in [0.25, 0.3) is 0 Å². The first-order valence-corrected chi connectivity index (χ1v) is 9.76. The zero-order valence-corrected chi connectivity index (χ0v) is 17.2. The number of esters is 1. The van der Waals surface area contributed by atoms with Gasteiger partial charge in [0.2, 0.25) is 0 Å². The molecule has 0 aliphatic rings. The van der Waals surface area contributed by atoms with Crippen LogP contribution < -0.4 is 5.32 Å². The standard InChI is InChI=1S/C20H39NO4/c1-16(17(2)24-18(3)22)14-12-10-8-7-9-11-13-15-21-19(23)25-20(4,5)6/h16-17H,7-15H2,1-6H3,(H,21,23). The van der Waals surface area contributed by atoms with Crippen molar-refractivity contribution in [3.8, 4) is 0 Å². The zero-order valence-electron chi connectivity index (χ0n) is 17.2. The Bertz CT molecular complexity index is 376. The van der Waals surface area contributed by atoms with Crippen molar-refractivity contribution in [2.24, 2.45) is 5.92 Å². The van der Waals surface area contributed by atoms with E-state index < -0.39 is 5.60 Å². The lowest BCUT2D eigenvalue weighted by molar-refractivity contribution is -0.147. The normalized spacial score (nSPS) is 13.8. The van der Waals surface area contributed by atoms with Gasteiger partial charge in [0, 0.05) is 13.5 Å². The van der Waals surface area contributed by atoms with Gasteiger partial charge < -0.3 is 14.8 Å². The van der Waals surface area contributed by atoms with Crippen LogP contribution in [0.15, 0.2) is 0 Å². The Labute approximate surface area is 154 Å². The van der Waals surface area contributed by atoms with Gasteiger partial charge in [-0.25, -0.2) is 4.79 Å². The molecule has 1 amide bonds. The van der Waals surface area contributed by atoms with Crippen LogP contribution in [-0.4, -0.2) is 30.3 Å². The molecule has 2 atom stereocenters. The highest BCUT2D eigenvalue weighted by Gasteiger charge is 2.15. The number of carbonyl (C=O) groups excluding carboxylic acids is 2. The van der Waals surface area contributed by atoms with E-state index in [1.807, 2.05) is 27.7 Å². The monoisotopic (exact) mass is 357 g/mol. The number of hydrogen-bond acceptors (Lipinski definition) is 4. The summed E-state index contributed by atoms with van der Waals surface area (Å²) in [5.41, 5.74) is -0.433. The third-order valence-electron chi connectivity index (χ3n) is 4.16. The lowest BCUT2D eigenvalue weighted by Gasteiger charge is -2.19. The van der Waals surface area contributed by atoms with Crippen molar-refractivity contribution in [3.63, 3.8) is 0 Å².